The van der Waals surface area contributed by atoms with E-state index in [-0.39, 0.29) is 17.3 Å². The molecule has 34 heavy (non-hydrogen) atoms. The summed E-state index contributed by atoms with van der Waals surface area (Å²) in [5.74, 6) is -0.201. The van der Waals surface area contributed by atoms with Gasteiger partial charge in [-0.2, -0.15) is 4.31 Å². The van der Waals surface area contributed by atoms with E-state index in [0.29, 0.717) is 45.1 Å². The number of benzene rings is 3. The lowest BCUT2D eigenvalue weighted by atomic mass is 10.1. The van der Waals surface area contributed by atoms with Crippen molar-refractivity contribution in [2.75, 3.05) is 38.2 Å². The molecule has 1 heterocycles. The van der Waals surface area contributed by atoms with Gasteiger partial charge in [0.1, 0.15) is 0 Å². The van der Waals surface area contributed by atoms with Crippen molar-refractivity contribution in [2.24, 2.45) is 0 Å². The summed E-state index contributed by atoms with van der Waals surface area (Å²) in [6, 6.07) is 26.4. The molecule has 0 saturated carbocycles. The Morgan fingerprint density at radius 1 is 0.853 bits per heavy atom. The third kappa shape index (κ3) is 6.51. The van der Waals surface area contributed by atoms with Gasteiger partial charge in [-0.15, -0.1) is 0 Å². The molecule has 0 spiro atoms. The highest BCUT2D eigenvalue weighted by Gasteiger charge is 2.26. The van der Waals surface area contributed by atoms with Gasteiger partial charge in [0.05, 0.1) is 24.7 Å². The fourth-order valence-corrected chi connectivity index (χ4v) is 5.38. The van der Waals surface area contributed by atoms with Crippen LogP contribution in [0.1, 0.15) is 11.1 Å². The maximum Gasteiger partial charge on any atom is 0.243 e. The van der Waals surface area contributed by atoms with E-state index in [4.69, 9.17) is 4.74 Å². The molecule has 1 saturated heterocycles. The maximum absolute atomic E-state index is 13.0. The molecule has 0 bridgehead atoms. The third-order valence-electron chi connectivity index (χ3n) is 5.59. The number of rotatable bonds is 9. The number of nitrogens with one attached hydrogen (secondary N) is 1. The van der Waals surface area contributed by atoms with Crippen LogP contribution in [0.15, 0.2) is 89.8 Å². The standard InChI is InChI=1S/C26H29N3O4S/c30-26(21-28(19-22-8-3-1-4-9-22)20-23-10-5-2-6-11-23)27-24-12-7-13-25(18-24)34(31,32)29-14-16-33-17-15-29/h1-13,18H,14-17,19-21H2,(H,27,30). The fraction of sp³-hybridized carbons (Fsp3) is 0.269. The average molecular weight is 480 g/mol. The SMILES string of the molecule is O=C(CN(Cc1ccccc1)Cc1ccccc1)Nc1cccc(S(=O)(=O)N2CCOCC2)c1. The van der Waals surface area contributed by atoms with Crippen molar-refractivity contribution in [2.45, 2.75) is 18.0 Å². The highest BCUT2D eigenvalue weighted by atomic mass is 32.2. The average Bonchev–Trinajstić information content (AvgIpc) is 2.86. The summed E-state index contributed by atoms with van der Waals surface area (Å²) in [5.41, 5.74) is 2.69. The summed E-state index contributed by atoms with van der Waals surface area (Å²) in [7, 11) is -3.63. The minimum absolute atomic E-state index is 0.164. The van der Waals surface area contributed by atoms with Crippen molar-refractivity contribution in [3.63, 3.8) is 0 Å². The quantitative estimate of drug-likeness (QED) is 0.509. The van der Waals surface area contributed by atoms with Crippen molar-refractivity contribution in [3.05, 3.63) is 96.1 Å². The van der Waals surface area contributed by atoms with Crippen molar-refractivity contribution in [3.8, 4) is 0 Å². The predicted octanol–water partition coefficient (Wildman–Crippen LogP) is 3.35. The monoisotopic (exact) mass is 479 g/mol. The van der Waals surface area contributed by atoms with Gasteiger partial charge in [-0.3, -0.25) is 9.69 Å². The molecule has 1 fully saturated rings. The number of anilines is 1. The highest BCUT2D eigenvalue weighted by molar-refractivity contribution is 7.89. The van der Waals surface area contributed by atoms with E-state index >= 15 is 0 Å². The number of ether oxygens (including phenoxy) is 1. The molecule has 8 heteroatoms. The van der Waals surface area contributed by atoms with Gasteiger partial charge in [-0.05, 0) is 29.3 Å². The van der Waals surface area contributed by atoms with E-state index in [1.54, 1.807) is 18.2 Å². The molecule has 3 aromatic rings. The molecule has 0 aromatic heterocycles. The van der Waals surface area contributed by atoms with Crippen molar-refractivity contribution in [1.29, 1.82) is 0 Å². The Morgan fingerprint density at radius 2 is 1.44 bits per heavy atom. The lowest BCUT2D eigenvalue weighted by Crippen LogP contribution is -2.40. The van der Waals surface area contributed by atoms with Crippen LogP contribution in [-0.2, 0) is 32.6 Å². The molecule has 0 unspecified atom stereocenters. The van der Waals surface area contributed by atoms with Crippen LogP contribution in [0.2, 0.25) is 0 Å². The first-order chi connectivity index (χ1) is 16.5. The van der Waals surface area contributed by atoms with Gasteiger partial charge in [0.15, 0.2) is 0 Å². The zero-order chi connectivity index (χ0) is 23.8. The molecule has 0 radical (unpaired) electrons. The summed E-state index contributed by atoms with van der Waals surface area (Å²) in [5, 5.41) is 2.87. The lowest BCUT2D eigenvalue weighted by molar-refractivity contribution is -0.117. The molecule has 7 nitrogen and oxygen atoms in total. The Labute approximate surface area is 201 Å². The first kappa shape index (κ1) is 24.1. The number of nitrogens with zero attached hydrogens (tertiary/aromatic N) is 2. The van der Waals surface area contributed by atoms with E-state index < -0.39 is 10.0 Å². The molecular weight excluding hydrogens is 450 g/mol. The lowest BCUT2D eigenvalue weighted by Gasteiger charge is -2.26. The van der Waals surface area contributed by atoms with Crippen LogP contribution in [0.25, 0.3) is 0 Å². The van der Waals surface area contributed by atoms with Gasteiger partial charge in [0.2, 0.25) is 15.9 Å². The fourth-order valence-electron chi connectivity index (χ4n) is 3.92. The maximum atomic E-state index is 13.0. The number of carbonyl (C=O) groups is 1. The molecule has 4 rings (SSSR count). The van der Waals surface area contributed by atoms with Crippen LogP contribution >= 0.6 is 0 Å². The second kappa shape index (κ2) is 11.4. The summed E-state index contributed by atoms with van der Waals surface area (Å²) in [6.45, 7) is 2.83. The van der Waals surface area contributed by atoms with Gasteiger partial charge in [0, 0.05) is 31.9 Å². The van der Waals surface area contributed by atoms with E-state index in [9.17, 15) is 13.2 Å². The minimum atomic E-state index is -3.63. The van der Waals surface area contributed by atoms with Crippen molar-refractivity contribution in [1.82, 2.24) is 9.21 Å². The van der Waals surface area contributed by atoms with E-state index in [0.717, 1.165) is 11.1 Å². The predicted molar refractivity (Wildman–Crippen MR) is 132 cm³/mol. The topological polar surface area (TPSA) is 79.0 Å². The summed E-state index contributed by atoms with van der Waals surface area (Å²) in [6.07, 6.45) is 0. The zero-order valence-corrected chi connectivity index (χ0v) is 19.8. The van der Waals surface area contributed by atoms with Gasteiger partial charge >= 0.3 is 0 Å². The van der Waals surface area contributed by atoms with Crippen LogP contribution in [0.5, 0.6) is 0 Å². The van der Waals surface area contributed by atoms with E-state index in [1.165, 1.54) is 10.4 Å². The van der Waals surface area contributed by atoms with E-state index in [1.807, 2.05) is 60.7 Å². The van der Waals surface area contributed by atoms with Gasteiger partial charge in [-0.1, -0.05) is 66.7 Å². The largest absolute Gasteiger partial charge is 0.379 e. The number of morpholine rings is 1. The third-order valence-corrected chi connectivity index (χ3v) is 7.49. The highest BCUT2D eigenvalue weighted by Crippen LogP contribution is 2.21. The molecule has 1 N–H and O–H groups in total. The zero-order valence-electron chi connectivity index (χ0n) is 19.0. The summed E-state index contributed by atoms with van der Waals surface area (Å²) in [4.78, 5) is 15.2. The van der Waals surface area contributed by atoms with Gasteiger partial charge in [-0.25, -0.2) is 8.42 Å². The molecule has 3 aromatic carbocycles. The number of hydrogen-bond donors (Lipinski definition) is 1. The number of amides is 1. The van der Waals surface area contributed by atoms with Crippen LogP contribution in [-0.4, -0.2) is 56.4 Å². The second-order valence-electron chi connectivity index (χ2n) is 8.21. The van der Waals surface area contributed by atoms with Crippen LogP contribution in [0, 0.1) is 0 Å². The second-order valence-corrected chi connectivity index (χ2v) is 10.1. The normalized spacial score (nSPS) is 14.7. The van der Waals surface area contributed by atoms with Crippen molar-refractivity contribution < 1.29 is 17.9 Å². The molecular formula is C26H29N3O4S. The summed E-state index contributed by atoms with van der Waals surface area (Å²) < 4.78 is 32.6. The molecule has 178 valence electrons. The van der Waals surface area contributed by atoms with Crippen LogP contribution in [0.4, 0.5) is 5.69 Å². The molecule has 1 amide bonds. The Balaban J connectivity index is 1.45. The number of sulfonamides is 1. The molecule has 0 aliphatic carbocycles. The Kier molecular flexibility index (Phi) is 8.08. The van der Waals surface area contributed by atoms with Gasteiger partial charge in [0.25, 0.3) is 0 Å². The summed E-state index contributed by atoms with van der Waals surface area (Å²) >= 11 is 0. The smallest absolute Gasteiger partial charge is 0.243 e. The van der Waals surface area contributed by atoms with Crippen LogP contribution in [0.3, 0.4) is 0 Å². The number of carbonyl (C=O) groups excluding carboxylic acids is 1. The molecule has 1 aliphatic heterocycles. The van der Waals surface area contributed by atoms with Crippen molar-refractivity contribution >= 4 is 21.6 Å². The Hall–Kier alpha value is -3.04. The van der Waals surface area contributed by atoms with E-state index in [2.05, 4.69) is 10.2 Å². The van der Waals surface area contributed by atoms with Crippen LogP contribution < -0.4 is 5.32 Å². The Morgan fingerprint density at radius 3 is 2.03 bits per heavy atom. The molecule has 0 atom stereocenters. The minimum Gasteiger partial charge on any atom is -0.379 e. The first-order valence-electron chi connectivity index (χ1n) is 11.3. The van der Waals surface area contributed by atoms with Gasteiger partial charge < -0.3 is 10.1 Å². The Bertz CT molecular complexity index is 1140. The first-order valence-corrected chi connectivity index (χ1v) is 12.7. The number of hydrogen-bond acceptors (Lipinski definition) is 5. The molecule has 1 aliphatic rings.